The van der Waals surface area contributed by atoms with Gasteiger partial charge >= 0.3 is 6.18 Å². The number of halogens is 3. The van der Waals surface area contributed by atoms with E-state index in [2.05, 4.69) is 6.58 Å². The first kappa shape index (κ1) is 15.6. The minimum atomic E-state index is -4.28. The molecule has 21 heavy (non-hydrogen) atoms. The number of benzene rings is 1. The zero-order chi connectivity index (χ0) is 15.5. The highest BCUT2D eigenvalue weighted by atomic mass is 19.4. The predicted molar refractivity (Wildman–Crippen MR) is 74.6 cm³/mol. The molecule has 5 heteroatoms. The van der Waals surface area contributed by atoms with Crippen molar-refractivity contribution in [2.24, 2.45) is 5.92 Å². The molecule has 1 aliphatic heterocycles. The van der Waals surface area contributed by atoms with Crippen LogP contribution in [0.15, 0.2) is 36.9 Å². The first-order valence-corrected chi connectivity index (χ1v) is 6.97. The molecule has 1 aromatic rings. The summed E-state index contributed by atoms with van der Waals surface area (Å²) in [6, 6.07) is 5.31. The number of nitrogens with zero attached hydrogens (tertiary/aromatic N) is 1. The summed E-state index contributed by atoms with van der Waals surface area (Å²) >= 11 is 0. The number of carbonyl (C=O) groups is 1. The third-order valence-corrected chi connectivity index (χ3v) is 3.89. The minimum absolute atomic E-state index is 0.0490. The number of alkyl halides is 3. The van der Waals surface area contributed by atoms with Crippen LogP contribution in [0, 0.1) is 5.92 Å². The molecule has 0 spiro atoms. The Kier molecular flexibility index (Phi) is 4.70. The summed E-state index contributed by atoms with van der Waals surface area (Å²) in [6.07, 6.45) is -0.404. The lowest BCUT2D eigenvalue weighted by Gasteiger charge is -2.14. The lowest BCUT2D eigenvalue weighted by atomic mass is 9.98. The Bertz CT molecular complexity index is 507. The smallest absolute Gasteiger partial charge is 0.339 e. The molecule has 1 fully saturated rings. The van der Waals surface area contributed by atoms with Gasteiger partial charge in [-0.25, -0.2) is 0 Å². The van der Waals surface area contributed by atoms with E-state index in [-0.39, 0.29) is 5.91 Å². The van der Waals surface area contributed by atoms with Crippen LogP contribution in [0.25, 0.3) is 0 Å². The van der Waals surface area contributed by atoms with E-state index in [0.717, 1.165) is 43.5 Å². The topological polar surface area (TPSA) is 20.3 Å². The van der Waals surface area contributed by atoms with Crippen molar-refractivity contribution in [3.63, 3.8) is 0 Å². The van der Waals surface area contributed by atoms with Crippen molar-refractivity contribution in [2.75, 3.05) is 13.1 Å². The van der Waals surface area contributed by atoms with Crippen LogP contribution < -0.4 is 0 Å². The van der Waals surface area contributed by atoms with Gasteiger partial charge in [-0.05, 0) is 49.0 Å². The first-order valence-electron chi connectivity index (χ1n) is 6.97. The molecule has 0 aromatic heterocycles. The fourth-order valence-electron chi connectivity index (χ4n) is 2.63. The van der Waals surface area contributed by atoms with Crippen molar-refractivity contribution in [1.29, 1.82) is 0 Å². The summed E-state index contributed by atoms with van der Waals surface area (Å²) in [5, 5.41) is 0. The molecule has 0 unspecified atom stereocenters. The molecule has 2 rings (SSSR count). The Balaban J connectivity index is 1.84. The van der Waals surface area contributed by atoms with E-state index in [1.165, 1.54) is 18.2 Å². The van der Waals surface area contributed by atoms with E-state index in [0.29, 0.717) is 12.5 Å². The molecule has 1 heterocycles. The van der Waals surface area contributed by atoms with Gasteiger partial charge in [-0.15, -0.1) is 0 Å². The van der Waals surface area contributed by atoms with Gasteiger partial charge in [0.1, 0.15) is 0 Å². The zero-order valence-electron chi connectivity index (χ0n) is 11.7. The van der Waals surface area contributed by atoms with Crippen LogP contribution in [0.5, 0.6) is 0 Å². The van der Waals surface area contributed by atoms with E-state index >= 15 is 0 Å². The molecule has 1 aliphatic rings. The Morgan fingerprint density at radius 3 is 2.57 bits per heavy atom. The summed E-state index contributed by atoms with van der Waals surface area (Å²) in [4.78, 5) is 13.2. The molecular formula is C16H18F3NO. The number of hydrogen-bond donors (Lipinski definition) is 0. The average molecular weight is 297 g/mol. The summed E-state index contributed by atoms with van der Waals surface area (Å²) in [7, 11) is 0. The molecule has 2 nitrogen and oxygen atoms in total. The summed E-state index contributed by atoms with van der Waals surface area (Å²) < 4.78 is 37.4. The van der Waals surface area contributed by atoms with Gasteiger partial charge in [-0.3, -0.25) is 4.79 Å². The molecule has 0 N–H and O–H groups in total. The lowest BCUT2D eigenvalue weighted by molar-refractivity contribution is -0.137. The van der Waals surface area contributed by atoms with Crippen molar-refractivity contribution in [3.8, 4) is 0 Å². The lowest BCUT2D eigenvalue weighted by Crippen LogP contribution is -2.26. The maximum Gasteiger partial charge on any atom is 0.416 e. The van der Waals surface area contributed by atoms with Crippen LogP contribution in [0.1, 0.15) is 24.0 Å². The van der Waals surface area contributed by atoms with Gasteiger partial charge in [0.25, 0.3) is 0 Å². The van der Waals surface area contributed by atoms with Crippen molar-refractivity contribution >= 4 is 5.91 Å². The average Bonchev–Trinajstić information content (AvgIpc) is 2.92. The van der Waals surface area contributed by atoms with Crippen LogP contribution in [-0.2, 0) is 17.4 Å². The standard InChI is InChI=1S/C16H18F3NO/c1-2-15(21)20-10-9-13(11-20)4-3-12-5-7-14(8-6-12)16(17,18)19/h2,5-8,13H,1,3-4,9-11H2/t13-/m1/s1. The SMILES string of the molecule is C=CC(=O)N1CC[C@@H](CCc2ccc(C(F)(F)F)cc2)C1. The van der Waals surface area contributed by atoms with Gasteiger partial charge in [-0.1, -0.05) is 18.7 Å². The molecule has 0 saturated carbocycles. The number of rotatable bonds is 4. The van der Waals surface area contributed by atoms with E-state index in [4.69, 9.17) is 0 Å². The van der Waals surface area contributed by atoms with Crippen molar-refractivity contribution in [2.45, 2.75) is 25.4 Å². The second kappa shape index (κ2) is 6.33. The van der Waals surface area contributed by atoms with E-state index < -0.39 is 11.7 Å². The number of aryl methyl sites for hydroxylation is 1. The van der Waals surface area contributed by atoms with Gasteiger partial charge < -0.3 is 4.90 Å². The zero-order valence-corrected chi connectivity index (χ0v) is 11.7. The highest BCUT2D eigenvalue weighted by Gasteiger charge is 2.30. The summed E-state index contributed by atoms with van der Waals surface area (Å²) in [6.45, 7) is 4.92. The van der Waals surface area contributed by atoms with Gasteiger partial charge in [0, 0.05) is 13.1 Å². The van der Waals surface area contributed by atoms with E-state index in [9.17, 15) is 18.0 Å². The van der Waals surface area contributed by atoms with Crippen LogP contribution in [-0.4, -0.2) is 23.9 Å². The van der Waals surface area contributed by atoms with Crippen molar-refractivity contribution in [3.05, 3.63) is 48.0 Å². The normalized spacial score (nSPS) is 18.8. The number of carbonyl (C=O) groups excluding carboxylic acids is 1. The van der Waals surface area contributed by atoms with Crippen molar-refractivity contribution < 1.29 is 18.0 Å². The second-order valence-electron chi connectivity index (χ2n) is 5.38. The summed E-state index contributed by atoms with van der Waals surface area (Å²) in [5.41, 5.74) is 0.284. The van der Waals surface area contributed by atoms with Gasteiger partial charge in [0.15, 0.2) is 0 Å². The highest BCUT2D eigenvalue weighted by molar-refractivity contribution is 5.87. The molecule has 114 valence electrons. The Morgan fingerprint density at radius 2 is 2.00 bits per heavy atom. The van der Waals surface area contributed by atoms with Gasteiger partial charge in [0.2, 0.25) is 5.91 Å². The minimum Gasteiger partial charge on any atom is -0.339 e. The number of hydrogen-bond acceptors (Lipinski definition) is 1. The fraction of sp³-hybridized carbons (Fsp3) is 0.438. The quantitative estimate of drug-likeness (QED) is 0.776. The molecule has 1 amide bonds. The van der Waals surface area contributed by atoms with Crippen LogP contribution in [0.3, 0.4) is 0 Å². The van der Waals surface area contributed by atoms with E-state index in [1.54, 1.807) is 4.90 Å². The monoisotopic (exact) mass is 297 g/mol. The fourth-order valence-corrected chi connectivity index (χ4v) is 2.63. The van der Waals surface area contributed by atoms with Gasteiger partial charge in [0.05, 0.1) is 5.56 Å². The molecule has 1 atom stereocenters. The van der Waals surface area contributed by atoms with Crippen LogP contribution >= 0.6 is 0 Å². The van der Waals surface area contributed by atoms with E-state index in [1.807, 2.05) is 0 Å². The molecular weight excluding hydrogens is 279 g/mol. The maximum absolute atomic E-state index is 12.5. The first-order chi connectivity index (χ1) is 9.90. The van der Waals surface area contributed by atoms with Gasteiger partial charge in [-0.2, -0.15) is 13.2 Å². The highest BCUT2D eigenvalue weighted by Crippen LogP contribution is 2.29. The third kappa shape index (κ3) is 4.09. The van der Waals surface area contributed by atoms with Crippen LogP contribution in [0.2, 0.25) is 0 Å². The summed E-state index contributed by atoms with van der Waals surface area (Å²) in [5.74, 6) is 0.364. The predicted octanol–water partition coefficient (Wildman–Crippen LogP) is 3.67. The number of likely N-dealkylation sites (tertiary alicyclic amines) is 1. The van der Waals surface area contributed by atoms with Crippen molar-refractivity contribution in [1.82, 2.24) is 4.90 Å². The molecule has 1 aromatic carbocycles. The largest absolute Gasteiger partial charge is 0.416 e. The Labute approximate surface area is 122 Å². The molecule has 1 saturated heterocycles. The Hall–Kier alpha value is -1.78. The molecule has 0 aliphatic carbocycles. The number of amides is 1. The maximum atomic E-state index is 12.5. The second-order valence-corrected chi connectivity index (χ2v) is 5.38. The third-order valence-electron chi connectivity index (χ3n) is 3.89. The molecule has 0 bridgehead atoms. The Morgan fingerprint density at radius 1 is 1.33 bits per heavy atom. The van der Waals surface area contributed by atoms with Crippen LogP contribution in [0.4, 0.5) is 13.2 Å². The molecule has 0 radical (unpaired) electrons.